The molecule has 1 unspecified atom stereocenters. The first-order chi connectivity index (χ1) is 7.23. The second kappa shape index (κ2) is 4.10. The number of hydroxylamine groups is 2. The molecule has 0 spiro atoms. The van der Waals surface area contributed by atoms with Gasteiger partial charge in [0.2, 0.25) is 0 Å². The Bertz CT molecular complexity index is 371. The third kappa shape index (κ3) is 2.22. The van der Waals surface area contributed by atoms with Gasteiger partial charge in [0.25, 0.3) is 0 Å². The van der Waals surface area contributed by atoms with Crippen LogP contribution >= 0.6 is 0 Å². The van der Waals surface area contributed by atoms with Gasteiger partial charge in [-0.15, -0.1) is 0 Å². The molecule has 1 atom stereocenters. The van der Waals surface area contributed by atoms with Crippen molar-refractivity contribution in [3.8, 4) is 0 Å². The van der Waals surface area contributed by atoms with Crippen LogP contribution in [-0.4, -0.2) is 25.3 Å². The van der Waals surface area contributed by atoms with Crippen LogP contribution in [0.25, 0.3) is 0 Å². The van der Waals surface area contributed by atoms with Gasteiger partial charge in [-0.25, -0.2) is 9.63 Å². The van der Waals surface area contributed by atoms with Crippen LogP contribution in [0, 0.1) is 0 Å². The fraction of sp³-hybridized carbons (Fsp3) is 0.700. The fourth-order valence-corrected chi connectivity index (χ4v) is 4.55. The maximum absolute atomic E-state index is 11.2. The van der Waals surface area contributed by atoms with Gasteiger partial charge in [-0.3, -0.25) is 0 Å². The van der Waals surface area contributed by atoms with E-state index in [9.17, 15) is 4.79 Å². The number of rotatable bonds is 3. The molecule has 16 heavy (non-hydrogen) atoms. The molecule has 0 amide bonds. The smallest absolute Gasteiger partial charge is 0.246 e. The third-order valence-electron chi connectivity index (χ3n) is 2.45. The van der Waals surface area contributed by atoms with Gasteiger partial charge in [0, 0.05) is 11.7 Å². The lowest BCUT2D eigenvalue weighted by Crippen LogP contribution is -2.49. The van der Waals surface area contributed by atoms with Gasteiger partial charge in [0.1, 0.15) is 12.2 Å². The van der Waals surface area contributed by atoms with Crippen LogP contribution in [0.15, 0.2) is 21.4 Å². The van der Waals surface area contributed by atoms with Gasteiger partial charge >= 0.3 is 5.97 Å². The van der Waals surface area contributed by atoms with E-state index in [1.54, 1.807) is 0 Å². The highest BCUT2D eigenvalue weighted by atomic mass is 28.3. The minimum Gasteiger partial charge on any atom is -0.246 e. The lowest BCUT2D eigenvalue weighted by molar-refractivity contribution is -1.06. The molecule has 0 fully saturated rings. The summed E-state index contributed by atoms with van der Waals surface area (Å²) in [4.78, 5) is 16.6. The van der Waals surface area contributed by atoms with Crippen molar-refractivity contribution in [3.05, 3.63) is 11.0 Å². The van der Waals surface area contributed by atoms with Crippen molar-refractivity contribution in [2.75, 3.05) is 6.54 Å². The van der Waals surface area contributed by atoms with E-state index in [4.69, 9.17) is 4.84 Å². The van der Waals surface area contributed by atoms with Gasteiger partial charge in [-0.2, -0.15) is 0 Å². The molecule has 0 N–H and O–H groups in total. The first kappa shape index (κ1) is 13.1. The highest BCUT2D eigenvalue weighted by Gasteiger charge is 2.50. The molecule has 0 radical (unpaired) electrons. The second-order valence-corrected chi connectivity index (χ2v) is 9.95. The van der Waals surface area contributed by atoms with Gasteiger partial charge in [0.15, 0.2) is 13.4 Å². The standard InChI is InChI=1S/C10H20N3O2Si/c1-7-13(15-9(3)14)10(16(4,5)6)8(2)11-12-13/h7H2,1-6H3/q+1. The number of hydrogen-bond acceptors (Lipinski definition) is 4. The largest absolute Gasteiger partial charge is 0.367 e. The minimum atomic E-state index is -1.62. The fourth-order valence-electron chi connectivity index (χ4n) is 2.11. The quantitative estimate of drug-likeness (QED) is 0.564. The zero-order valence-corrected chi connectivity index (χ0v) is 11.9. The first-order valence-corrected chi connectivity index (χ1v) is 8.96. The first-order valence-electron chi connectivity index (χ1n) is 5.46. The Hall–Kier alpha value is -1.01. The number of nitrogens with zero attached hydrogens (tertiary/aromatic N) is 3. The molecule has 0 bridgehead atoms. The molecule has 0 aliphatic carbocycles. The summed E-state index contributed by atoms with van der Waals surface area (Å²) in [5.41, 5.74) is 0.891. The van der Waals surface area contributed by atoms with Crippen LogP contribution in [0.1, 0.15) is 20.8 Å². The normalized spacial score (nSPS) is 25.1. The molecular formula is C10H20N3O2Si+. The summed E-state index contributed by atoms with van der Waals surface area (Å²) in [7, 11) is -1.62. The monoisotopic (exact) mass is 242 g/mol. The van der Waals surface area contributed by atoms with Crippen molar-refractivity contribution in [2.24, 2.45) is 10.3 Å². The topological polar surface area (TPSA) is 51.0 Å². The van der Waals surface area contributed by atoms with Crippen LogP contribution < -0.4 is 0 Å². The third-order valence-corrected chi connectivity index (χ3v) is 4.58. The Labute approximate surface area is 97.3 Å². The highest BCUT2D eigenvalue weighted by Crippen LogP contribution is 2.36. The molecule has 5 nitrogen and oxygen atoms in total. The number of carbonyl (C=O) groups excluding carboxylic acids is 1. The Morgan fingerprint density at radius 3 is 2.38 bits per heavy atom. The molecule has 1 aliphatic rings. The Morgan fingerprint density at radius 2 is 2.00 bits per heavy atom. The lowest BCUT2D eigenvalue weighted by Gasteiger charge is -2.29. The molecule has 1 rings (SSSR count). The predicted molar refractivity (Wildman–Crippen MR) is 63.5 cm³/mol. The summed E-state index contributed by atoms with van der Waals surface area (Å²) in [5, 5.41) is 9.30. The van der Waals surface area contributed by atoms with Crippen LogP contribution in [0.3, 0.4) is 0 Å². The molecule has 90 valence electrons. The average molecular weight is 242 g/mol. The number of carbonyl (C=O) groups is 1. The number of hydrogen-bond donors (Lipinski definition) is 0. The maximum atomic E-state index is 11.2. The van der Waals surface area contributed by atoms with E-state index in [1.165, 1.54) is 6.92 Å². The Morgan fingerprint density at radius 1 is 1.44 bits per heavy atom. The molecule has 0 saturated carbocycles. The van der Waals surface area contributed by atoms with Crippen LogP contribution in [0.5, 0.6) is 0 Å². The molecule has 6 heteroatoms. The van der Waals surface area contributed by atoms with E-state index in [-0.39, 0.29) is 10.7 Å². The predicted octanol–water partition coefficient (Wildman–Crippen LogP) is 2.79. The number of allylic oxidation sites excluding steroid dienone is 1. The highest BCUT2D eigenvalue weighted by molar-refractivity contribution is 6.82. The van der Waals surface area contributed by atoms with Crippen molar-refractivity contribution in [1.82, 2.24) is 0 Å². The zero-order chi connectivity index (χ0) is 12.6. The van der Waals surface area contributed by atoms with Crippen LogP contribution in [0.2, 0.25) is 19.6 Å². The summed E-state index contributed by atoms with van der Waals surface area (Å²) in [5.74, 6) is -0.328. The lowest BCUT2D eigenvalue weighted by atomic mass is 10.5. The van der Waals surface area contributed by atoms with Crippen molar-refractivity contribution >= 4 is 14.0 Å². The minimum absolute atomic E-state index is 0.0864. The summed E-state index contributed by atoms with van der Waals surface area (Å²) >= 11 is 0. The second-order valence-electron chi connectivity index (χ2n) is 4.97. The van der Waals surface area contributed by atoms with E-state index < -0.39 is 8.07 Å². The van der Waals surface area contributed by atoms with Crippen molar-refractivity contribution in [1.29, 1.82) is 0 Å². The zero-order valence-electron chi connectivity index (χ0n) is 10.9. The van der Waals surface area contributed by atoms with E-state index in [0.29, 0.717) is 6.54 Å². The molecular weight excluding hydrogens is 222 g/mol. The molecule has 0 aromatic rings. The van der Waals surface area contributed by atoms with E-state index in [1.807, 2.05) is 13.8 Å². The van der Waals surface area contributed by atoms with Crippen LogP contribution in [0.4, 0.5) is 0 Å². The Kier molecular flexibility index (Phi) is 3.34. The molecule has 1 heterocycles. The van der Waals surface area contributed by atoms with Crippen molar-refractivity contribution in [2.45, 2.75) is 40.4 Å². The van der Waals surface area contributed by atoms with Gasteiger partial charge in [-0.1, -0.05) is 24.8 Å². The number of quaternary nitrogens is 1. The van der Waals surface area contributed by atoms with Gasteiger partial charge in [-0.05, 0) is 13.8 Å². The SMILES string of the molecule is CC[N+]1(OC(C)=O)N=NC(C)=C1[Si](C)(C)C. The van der Waals surface area contributed by atoms with Crippen LogP contribution in [-0.2, 0) is 9.63 Å². The van der Waals surface area contributed by atoms with E-state index in [0.717, 1.165) is 11.0 Å². The molecule has 0 saturated heterocycles. The van der Waals surface area contributed by atoms with Gasteiger partial charge < -0.3 is 0 Å². The molecule has 0 aromatic carbocycles. The summed E-state index contributed by atoms with van der Waals surface area (Å²) in [6, 6.07) is 0. The summed E-state index contributed by atoms with van der Waals surface area (Å²) in [6.07, 6.45) is 0. The summed E-state index contributed by atoms with van der Waals surface area (Å²) < 4.78 is -0.0864. The van der Waals surface area contributed by atoms with Gasteiger partial charge in [0.05, 0.1) is 5.22 Å². The van der Waals surface area contributed by atoms with E-state index >= 15 is 0 Å². The molecule has 0 aromatic heterocycles. The van der Waals surface area contributed by atoms with Crippen molar-refractivity contribution in [3.63, 3.8) is 0 Å². The molecule has 1 aliphatic heterocycles. The van der Waals surface area contributed by atoms with E-state index in [2.05, 4.69) is 30.0 Å². The maximum Gasteiger partial charge on any atom is 0.367 e. The average Bonchev–Trinajstić information content (AvgIpc) is 2.42. The van der Waals surface area contributed by atoms with Crippen molar-refractivity contribution < 1.29 is 14.4 Å². The Balaban J connectivity index is 3.22. The summed E-state index contributed by atoms with van der Waals surface area (Å²) in [6.45, 7) is 12.5.